The van der Waals surface area contributed by atoms with Gasteiger partial charge in [0, 0.05) is 19.6 Å². The van der Waals surface area contributed by atoms with Gasteiger partial charge in [0.05, 0.1) is 6.54 Å². The summed E-state index contributed by atoms with van der Waals surface area (Å²) in [5, 5.41) is 6.86. The van der Waals surface area contributed by atoms with Crippen LogP contribution < -0.4 is 20.1 Å². The molecule has 2 aliphatic heterocycles. The van der Waals surface area contributed by atoms with E-state index < -0.39 is 0 Å². The van der Waals surface area contributed by atoms with Crippen LogP contribution in [0.1, 0.15) is 26.7 Å². The van der Waals surface area contributed by atoms with Crippen molar-refractivity contribution in [2.75, 3.05) is 39.8 Å². The second-order valence-electron chi connectivity index (χ2n) is 7.39. The van der Waals surface area contributed by atoms with E-state index in [1.54, 1.807) is 0 Å². The number of nitrogens with zero attached hydrogens (tertiary/aromatic N) is 2. The molecule has 1 aromatic carbocycles. The number of fused-ring (bicyclic) bond motifs is 1. The summed E-state index contributed by atoms with van der Waals surface area (Å²) >= 11 is 0. The third kappa shape index (κ3) is 4.81. The fourth-order valence-electron chi connectivity index (χ4n) is 3.66. The van der Waals surface area contributed by atoms with Crippen LogP contribution in [0.2, 0.25) is 0 Å². The number of hydrogen-bond donors (Lipinski definition) is 2. The number of para-hydroxylation sites is 2. The molecular weight excluding hydrogens is 328 g/mol. The van der Waals surface area contributed by atoms with Crippen molar-refractivity contribution in [2.45, 2.75) is 38.8 Å². The Hall–Kier alpha value is -1.95. The Bertz CT molecular complexity index is 599. The van der Waals surface area contributed by atoms with Gasteiger partial charge in [-0.1, -0.05) is 26.0 Å². The lowest BCUT2D eigenvalue weighted by atomic mass is 10.0. The predicted molar refractivity (Wildman–Crippen MR) is 105 cm³/mol. The molecule has 0 bridgehead atoms. The van der Waals surface area contributed by atoms with Crippen LogP contribution in [0.15, 0.2) is 29.3 Å². The van der Waals surface area contributed by atoms with Crippen molar-refractivity contribution < 1.29 is 9.47 Å². The SMILES string of the molecule is CN=C(NCC1COc2ccccc2O1)NCC(C(C)C)N1CCCC1. The predicted octanol–water partition coefficient (Wildman–Crippen LogP) is 2.11. The fourth-order valence-corrected chi connectivity index (χ4v) is 3.66. The van der Waals surface area contributed by atoms with Crippen LogP contribution in [-0.2, 0) is 0 Å². The van der Waals surface area contributed by atoms with Crippen molar-refractivity contribution in [1.29, 1.82) is 0 Å². The summed E-state index contributed by atoms with van der Waals surface area (Å²) in [7, 11) is 1.81. The monoisotopic (exact) mass is 360 g/mol. The second-order valence-corrected chi connectivity index (χ2v) is 7.39. The number of hydrogen-bond acceptors (Lipinski definition) is 4. The van der Waals surface area contributed by atoms with Gasteiger partial charge < -0.3 is 20.1 Å². The van der Waals surface area contributed by atoms with Gasteiger partial charge in [-0.15, -0.1) is 0 Å². The average molecular weight is 361 g/mol. The van der Waals surface area contributed by atoms with Crippen LogP contribution in [0.3, 0.4) is 0 Å². The molecule has 0 aromatic heterocycles. The first-order valence-electron chi connectivity index (χ1n) is 9.74. The molecule has 6 heteroatoms. The number of likely N-dealkylation sites (tertiary alicyclic amines) is 1. The Labute approximate surface area is 157 Å². The maximum atomic E-state index is 5.99. The smallest absolute Gasteiger partial charge is 0.191 e. The summed E-state index contributed by atoms with van der Waals surface area (Å²) in [6.07, 6.45) is 2.61. The van der Waals surface area contributed by atoms with Crippen molar-refractivity contribution >= 4 is 5.96 Å². The molecule has 144 valence electrons. The van der Waals surface area contributed by atoms with Crippen molar-refractivity contribution in [2.24, 2.45) is 10.9 Å². The zero-order valence-electron chi connectivity index (χ0n) is 16.2. The highest BCUT2D eigenvalue weighted by molar-refractivity contribution is 5.79. The third-order valence-electron chi connectivity index (χ3n) is 5.15. The Kier molecular flexibility index (Phi) is 6.61. The maximum absolute atomic E-state index is 5.99. The lowest BCUT2D eigenvalue weighted by molar-refractivity contribution is 0.0935. The first-order chi connectivity index (χ1) is 12.7. The molecule has 2 unspecified atom stereocenters. The zero-order valence-corrected chi connectivity index (χ0v) is 16.2. The van der Waals surface area contributed by atoms with E-state index in [-0.39, 0.29) is 6.10 Å². The van der Waals surface area contributed by atoms with Crippen LogP contribution in [0, 0.1) is 5.92 Å². The van der Waals surface area contributed by atoms with E-state index in [9.17, 15) is 0 Å². The van der Waals surface area contributed by atoms with Gasteiger partial charge in [0.15, 0.2) is 17.5 Å². The highest BCUT2D eigenvalue weighted by Gasteiger charge is 2.25. The Balaban J connectivity index is 1.46. The van der Waals surface area contributed by atoms with Crippen LogP contribution in [-0.4, -0.2) is 62.8 Å². The molecule has 2 N–H and O–H groups in total. The lowest BCUT2D eigenvalue weighted by Crippen LogP contribution is -2.50. The summed E-state index contributed by atoms with van der Waals surface area (Å²) in [5.74, 6) is 3.06. The standard InChI is InChI=1S/C20H32N4O2/c1-15(2)17(24-10-6-7-11-24)13-23-20(21-3)22-12-16-14-25-18-8-4-5-9-19(18)26-16/h4-5,8-9,15-17H,6-7,10-14H2,1-3H3,(H2,21,22,23). The van der Waals surface area contributed by atoms with Crippen molar-refractivity contribution in [3.05, 3.63) is 24.3 Å². The molecule has 0 radical (unpaired) electrons. The molecule has 0 amide bonds. The molecular formula is C20H32N4O2. The minimum atomic E-state index is -0.0251. The molecule has 2 aliphatic rings. The van der Waals surface area contributed by atoms with Crippen molar-refractivity contribution in [1.82, 2.24) is 15.5 Å². The lowest BCUT2D eigenvalue weighted by Gasteiger charge is -2.32. The Morgan fingerprint density at radius 1 is 1.19 bits per heavy atom. The molecule has 1 fully saturated rings. The molecule has 0 saturated carbocycles. The normalized spacial score (nSPS) is 21.7. The van der Waals surface area contributed by atoms with E-state index in [2.05, 4.69) is 34.4 Å². The quantitative estimate of drug-likeness (QED) is 0.601. The van der Waals surface area contributed by atoms with Gasteiger partial charge in [-0.3, -0.25) is 9.89 Å². The molecule has 0 aliphatic carbocycles. The van der Waals surface area contributed by atoms with E-state index in [4.69, 9.17) is 9.47 Å². The highest BCUT2D eigenvalue weighted by Crippen LogP contribution is 2.30. The van der Waals surface area contributed by atoms with E-state index in [1.807, 2.05) is 31.3 Å². The largest absolute Gasteiger partial charge is 0.486 e. The number of benzene rings is 1. The van der Waals surface area contributed by atoms with Crippen LogP contribution in [0.5, 0.6) is 11.5 Å². The summed E-state index contributed by atoms with van der Waals surface area (Å²) in [6, 6.07) is 8.33. The van der Waals surface area contributed by atoms with Gasteiger partial charge in [-0.2, -0.15) is 0 Å². The number of nitrogens with one attached hydrogen (secondary N) is 2. The fraction of sp³-hybridized carbons (Fsp3) is 0.650. The summed E-state index contributed by atoms with van der Waals surface area (Å²) in [6.45, 7) is 9.12. The van der Waals surface area contributed by atoms with Crippen molar-refractivity contribution in [3.8, 4) is 11.5 Å². The number of rotatable bonds is 6. The molecule has 6 nitrogen and oxygen atoms in total. The molecule has 1 saturated heterocycles. The third-order valence-corrected chi connectivity index (χ3v) is 5.15. The second kappa shape index (κ2) is 9.12. The first-order valence-corrected chi connectivity index (χ1v) is 9.74. The highest BCUT2D eigenvalue weighted by atomic mass is 16.6. The van der Waals surface area contributed by atoms with Gasteiger partial charge in [0.2, 0.25) is 0 Å². The summed E-state index contributed by atoms with van der Waals surface area (Å²) in [4.78, 5) is 6.95. The summed E-state index contributed by atoms with van der Waals surface area (Å²) < 4.78 is 11.8. The minimum absolute atomic E-state index is 0.0251. The van der Waals surface area contributed by atoms with Crippen LogP contribution >= 0.6 is 0 Å². The van der Waals surface area contributed by atoms with Crippen LogP contribution in [0.4, 0.5) is 0 Å². The molecule has 1 aromatic rings. The Morgan fingerprint density at radius 3 is 2.62 bits per heavy atom. The van der Waals surface area contributed by atoms with Crippen LogP contribution in [0.25, 0.3) is 0 Å². The van der Waals surface area contributed by atoms with E-state index in [0.717, 1.165) is 24.0 Å². The Morgan fingerprint density at radius 2 is 1.92 bits per heavy atom. The van der Waals surface area contributed by atoms with Gasteiger partial charge >= 0.3 is 0 Å². The number of guanidine groups is 1. The van der Waals surface area contributed by atoms with E-state index in [0.29, 0.717) is 25.1 Å². The molecule has 2 atom stereocenters. The van der Waals surface area contributed by atoms with Crippen molar-refractivity contribution in [3.63, 3.8) is 0 Å². The number of aliphatic imine (C=N–C) groups is 1. The minimum Gasteiger partial charge on any atom is -0.486 e. The summed E-state index contributed by atoms with van der Waals surface area (Å²) in [5.41, 5.74) is 0. The zero-order chi connectivity index (χ0) is 18.4. The van der Waals surface area contributed by atoms with Gasteiger partial charge in [-0.05, 0) is 44.0 Å². The van der Waals surface area contributed by atoms with Gasteiger partial charge in [0.25, 0.3) is 0 Å². The molecule has 0 spiro atoms. The molecule has 3 rings (SSSR count). The van der Waals surface area contributed by atoms with Gasteiger partial charge in [-0.25, -0.2) is 0 Å². The first kappa shape index (κ1) is 18.8. The molecule has 2 heterocycles. The van der Waals surface area contributed by atoms with E-state index >= 15 is 0 Å². The van der Waals surface area contributed by atoms with E-state index in [1.165, 1.54) is 25.9 Å². The topological polar surface area (TPSA) is 58.1 Å². The number of ether oxygens (including phenoxy) is 2. The molecule has 26 heavy (non-hydrogen) atoms. The van der Waals surface area contributed by atoms with Gasteiger partial charge in [0.1, 0.15) is 12.7 Å². The average Bonchev–Trinajstić information content (AvgIpc) is 3.18. The maximum Gasteiger partial charge on any atom is 0.191 e.